The number of aromatic amines is 1. The summed E-state index contributed by atoms with van der Waals surface area (Å²) < 4.78 is 5.29. The van der Waals surface area contributed by atoms with Gasteiger partial charge in [0.2, 0.25) is 0 Å². The Morgan fingerprint density at radius 1 is 1.14 bits per heavy atom. The van der Waals surface area contributed by atoms with Crippen LogP contribution in [0.3, 0.4) is 0 Å². The molecule has 116 valence electrons. The molecule has 1 aromatic heterocycles. The Kier molecular flexibility index (Phi) is 4.18. The predicted molar refractivity (Wildman–Crippen MR) is 87.3 cm³/mol. The lowest BCUT2D eigenvalue weighted by molar-refractivity contribution is 0.0719. The van der Waals surface area contributed by atoms with Crippen molar-refractivity contribution in [3.8, 4) is 16.9 Å². The van der Waals surface area contributed by atoms with Crippen molar-refractivity contribution >= 4 is 5.91 Å². The maximum absolute atomic E-state index is 12.5. The van der Waals surface area contributed by atoms with Crippen LogP contribution >= 0.6 is 0 Å². The number of nitrogens with one attached hydrogen (secondary N) is 1. The number of piperidine rings is 1. The van der Waals surface area contributed by atoms with E-state index in [-0.39, 0.29) is 5.91 Å². The lowest BCUT2D eigenvalue weighted by atomic mass is 10.1. The number of amides is 1. The third-order valence-corrected chi connectivity index (χ3v) is 4.28. The van der Waals surface area contributed by atoms with E-state index in [2.05, 4.69) is 11.1 Å². The zero-order valence-electron chi connectivity index (χ0n) is 13.2. The fraction of sp³-hybridized carbons (Fsp3) is 0.389. The SMILES string of the molecule is COc1ccc(-c2c[nH]c(C(=O)N3CCCCC3)c2)cc1C. The van der Waals surface area contributed by atoms with Crippen LogP contribution in [0.15, 0.2) is 30.5 Å². The Hall–Kier alpha value is -2.23. The molecular formula is C18H22N2O2. The zero-order valence-corrected chi connectivity index (χ0v) is 13.2. The van der Waals surface area contributed by atoms with Gasteiger partial charge >= 0.3 is 0 Å². The van der Waals surface area contributed by atoms with Crippen LogP contribution in [0.25, 0.3) is 11.1 Å². The number of carbonyl (C=O) groups is 1. The summed E-state index contributed by atoms with van der Waals surface area (Å²) in [7, 11) is 1.67. The minimum Gasteiger partial charge on any atom is -0.496 e. The number of hydrogen-bond acceptors (Lipinski definition) is 2. The second-order valence-electron chi connectivity index (χ2n) is 5.84. The average Bonchev–Trinajstić information content (AvgIpc) is 3.05. The highest BCUT2D eigenvalue weighted by Crippen LogP contribution is 2.27. The molecule has 0 atom stereocenters. The summed E-state index contributed by atoms with van der Waals surface area (Å²) in [5.41, 5.74) is 3.88. The molecule has 3 rings (SSSR count). The number of ether oxygens (including phenoxy) is 1. The fourth-order valence-corrected chi connectivity index (χ4v) is 3.01. The van der Waals surface area contributed by atoms with E-state index in [0.29, 0.717) is 5.69 Å². The van der Waals surface area contributed by atoms with Crippen molar-refractivity contribution in [3.63, 3.8) is 0 Å². The van der Waals surface area contributed by atoms with Crippen LogP contribution in [0.5, 0.6) is 5.75 Å². The first-order chi connectivity index (χ1) is 10.7. The number of nitrogens with zero attached hydrogens (tertiary/aromatic N) is 1. The molecule has 0 saturated carbocycles. The van der Waals surface area contributed by atoms with Gasteiger partial charge in [-0.15, -0.1) is 0 Å². The highest BCUT2D eigenvalue weighted by molar-refractivity contribution is 5.94. The van der Waals surface area contributed by atoms with E-state index in [9.17, 15) is 4.79 Å². The number of likely N-dealkylation sites (tertiary alicyclic amines) is 1. The van der Waals surface area contributed by atoms with Gasteiger partial charge < -0.3 is 14.6 Å². The zero-order chi connectivity index (χ0) is 15.5. The number of benzene rings is 1. The Balaban J connectivity index is 1.81. The number of aryl methyl sites for hydroxylation is 1. The van der Waals surface area contributed by atoms with Gasteiger partial charge in [-0.1, -0.05) is 6.07 Å². The standard InChI is InChI=1S/C18H22N2O2/c1-13-10-14(6-7-17(13)22-2)15-11-16(19-12-15)18(21)20-8-4-3-5-9-20/h6-7,10-12,19H,3-5,8-9H2,1-2H3. The second-order valence-corrected chi connectivity index (χ2v) is 5.84. The Labute approximate surface area is 131 Å². The van der Waals surface area contributed by atoms with Crippen molar-refractivity contribution in [3.05, 3.63) is 41.7 Å². The molecule has 1 aliphatic heterocycles. The van der Waals surface area contributed by atoms with Crippen LogP contribution in [0.4, 0.5) is 0 Å². The van der Waals surface area contributed by atoms with Crippen molar-refractivity contribution < 1.29 is 9.53 Å². The number of rotatable bonds is 3. The molecule has 1 aliphatic rings. The molecule has 22 heavy (non-hydrogen) atoms. The molecule has 1 aromatic carbocycles. The lowest BCUT2D eigenvalue weighted by Crippen LogP contribution is -2.35. The summed E-state index contributed by atoms with van der Waals surface area (Å²) in [6, 6.07) is 8.00. The van der Waals surface area contributed by atoms with Crippen LogP contribution in [0.2, 0.25) is 0 Å². The number of methoxy groups -OCH3 is 1. The molecule has 4 heteroatoms. The number of carbonyl (C=O) groups excluding carboxylic acids is 1. The molecule has 1 N–H and O–H groups in total. The first kappa shape index (κ1) is 14.7. The van der Waals surface area contributed by atoms with Crippen LogP contribution in [-0.4, -0.2) is 36.0 Å². The van der Waals surface area contributed by atoms with E-state index in [1.165, 1.54) is 6.42 Å². The summed E-state index contributed by atoms with van der Waals surface area (Å²) in [6.45, 7) is 3.76. The highest BCUT2D eigenvalue weighted by atomic mass is 16.5. The van der Waals surface area contributed by atoms with E-state index >= 15 is 0 Å². The average molecular weight is 298 g/mol. The largest absolute Gasteiger partial charge is 0.496 e. The van der Waals surface area contributed by atoms with E-state index in [0.717, 1.165) is 48.4 Å². The van der Waals surface area contributed by atoms with Crippen LogP contribution in [0, 0.1) is 6.92 Å². The number of hydrogen-bond donors (Lipinski definition) is 1. The predicted octanol–water partition coefficient (Wildman–Crippen LogP) is 3.62. The van der Waals surface area contributed by atoms with Crippen LogP contribution in [0.1, 0.15) is 35.3 Å². The van der Waals surface area contributed by atoms with Gasteiger partial charge in [0.05, 0.1) is 7.11 Å². The molecular weight excluding hydrogens is 276 g/mol. The minimum absolute atomic E-state index is 0.108. The molecule has 1 fully saturated rings. The van der Waals surface area contributed by atoms with Gasteiger partial charge in [0.25, 0.3) is 5.91 Å². The third kappa shape index (κ3) is 2.86. The highest BCUT2D eigenvalue weighted by Gasteiger charge is 2.19. The monoisotopic (exact) mass is 298 g/mol. The molecule has 4 nitrogen and oxygen atoms in total. The topological polar surface area (TPSA) is 45.3 Å². The molecule has 1 amide bonds. The van der Waals surface area contributed by atoms with E-state index in [4.69, 9.17) is 4.74 Å². The Bertz CT molecular complexity index is 669. The lowest BCUT2D eigenvalue weighted by Gasteiger charge is -2.26. The van der Waals surface area contributed by atoms with Crippen molar-refractivity contribution in [1.82, 2.24) is 9.88 Å². The molecule has 0 unspecified atom stereocenters. The first-order valence-electron chi connectivity index (χ1n) is 7.82. The van der Waals surface area contributed by atoms with Crippen LogP contribution in [-0.2, 0) is 0 Å². The van der Waals surface area contributed by atoms with Gasteiger partial charge in [0, 0.05) is 19.3 Å². The maximum Gasteiger partial charge on any atom is 0.270 e. The molecule has 1 saturated heterocycles. The number of aromatic nitrogens is 1. The van der Waals surface area contributed by atoms with Gasteiger partial charge in [-0.25, -0.2) is 0 Å². The quantitative estimate of drug-likeness (QED) is 0.940. The van der Waals surface area contributed by atoms with Gasteiger partial charge in [-0.3, -0.25) is 4.79 Å². The summed E-state index contributed by atoms with van der Waals surface area (Å²) in [6.07, 6.45) is 5.34. The molecule has 0 aliphatic carbocycles. The third-order valence-electron chi connectivity index (χ3n) is 4.28. The van der Waals surface area contributed by atoms with Gasteiger partial charge in [0.1, 0.15) is 11.4 Å². The molecule has 0 spiro atoms. The van der Waals surface area contributed by atoms with Crippen molar-refractivity contribution in [2.45, 2.75) is 26.2 Å². The van der Waals surface area contributed by atoms with Crippen molar-refractivity contribution in [1.29, 1.82) is 0 Å². The Morgan fingerprint density at radius 2 is 1.91 bits per heavy atom. The molecule has 0 bridgehead atoms. The van der Waals surface area contributed by atoms with E-state index in [1.54, 1.807) is 7.11 Å². The van der Waals surface area contributed by atoms with Gasteiger partial charge in [-0.05, 0) is 61.1 Å². The number of H-pyrrole nitrogens is 1. The second kappa shape index (κ2) is 6.26. The summed E-state index contributed by atoms with van der Waals surface area (Å²) in [5, 5.41) is 0. The minimum atomic E-state index is 0.108. The Morgan fingerprint density at radius 3 is 2.59 bits per heavy atom. The molecule has 2 aromatic rings. The normalized spacial score (nSPS) is 14.9. The fourth-order valence-electron chi connectivity index (χ4n) is 3.01. The van der Waals surface area contributed by atoms with E-state index < -0.39 is 0 Å². The van der Waals surface area contributed by atoms with Crippen LogP contribution < -0.4 is 4.74 Å². The first-order valence-corrected chi connectivity index (χ1v) is 7.82. The maximum atomic E-state index is 12.5. The molecule has 0 radical (unpaired) electrons. The summed E-state index contributed by atoms with van der Waals surface area (Å²) in [4.78, 5) is 17.6. The van der Waals surface area contributed by atoms with Gasteiger partial charge in [0.15, 0.2) is 0 Å². The molecule has 2 heterocycles. The summed E-state index contributed by atoms with van der Waals surface area (Å²) in [5.74, 6) is 0.986. The smallest absolute Gasteiger partial charge is 0.270 e. The van der Waals surface area contributed by atoms with Crippen molar-refractivity contribution in [2.24, 2.45) is 0 Å². The van der Waals surface area contributed by atoms with E-state index in [1.807, 2.05) is 36.2 Å². The van der Waals surface area contributed by atoms with Crippen molar-refractivity contribution in [2.75, 3.05) is 20.2 Å². The van der Waals surface area contributed by atoms with Gasteiger partial charge in [-0.2, -0.15) is 0 Å². The summed E-state index contributed by atoms with van der Waals surface area (Å²) >= 11 is 0.